The predicted octanol–water partition coefficient (Wildman–Crippen LogP) is 4.87. The summed E-state index contributed by atoms with van der Waals surface area (Å²) < 4.78 is 0. The molecular weight excluding hydrogens is 334 g/mol. The SMILES string of the molecule is CCN1c2cc(C)c(/C=N\NC(=O)c3ccccc3)cc2[C@@H](C)CC1(C)C. The molecule has 0 aliphatic carbocycles. The van der Waals surface area contributed by atoms with E-state index < -0.39 is 0 Å². The molecule has 142 valence electrons. The molecular formula is C23H29N3O. The van der Waals surface area contributed by atoms with Gasteiger partial charge in [0.1, 0.15) is 0 Å². The Morgan fingerprint density at radius 2 is 2.00 bits per heavy atom. The summed E-state index contributed by atoms with van der Waals surface area (Å²) in [6, 6.07) is 13.6. The first-order valence-electron chi connectivity index (χ1n) is 9.64. The second kappa shape index (κ2) is 7.55. The highest BCUT2D eigenvalue weighted by Crippen LogP contribution is 2.43. The van der Waals surface area contributed by atoms with Gasteiger partial charge in [-0.25, -0.2) is 5.43 Å². The molecule has 4 nitrogen and oxygen atoms in total. The van der Waals surface area contributed by atoms with Gasteiger partial charge in [0, 0.05) is 23.3 Å². The third-order valence-corrected chi connectivity index (χ3v) is 5.50. The van der Waals surface area contributed by atoms with Crippen LogP contribution in [-0.2, 0) is 0 Å². The Morgan fingerprint density at radius 1 is 1.30 bits per heavy atom. The number of hydrazone groups is 1. The van der Waals surface area contributed by atoms with E-state index in [0.29, 0.717) is 11.5 Å². The molecule has 0 bridgehead atoms. The molecule has 1 aliphatic rings. The first-order valence-corrected chi connectivity index (χ1v) is 9.64. The van der Waals surface area contributed by atoms with Crippen molar-refractivity contribution in [3.63, 3.8) is 0 Å². The van der Waals surface area contributed by atoms with Crippen LogP contribution in [0.25, 0.3) is 0 Å². The molecule has 0 saturated heterocycles. The standard InChI is InChI=1S/C23H29N3O/c1-6-26-21-12-16(2)19(13-20(21)17(3)14-23(26,4)5)15-24-25-22(27)18-10-8-7-9-11-18/h7-13,15,17H,6,14H2,1-5H3,(H,25,27)/b24-15-/t17-/m0/s1. The molecule has 1 amide bonds. The molecule has 1 atom stereocenters. The summed E-state index contributed by atoms with van der Waals surface area (Å²) in [5.41, 5.74) is 8.27. The van der Waals surface area contributed by atoms with Gasteiger partial charge in [-0.2, -0.15) is 5.10 Å². The van der Waals surface area contributed by atoms with Crippen LogP contribution in [0.5, 0.6) is 0 Å². The van der Waals surface area contributed by atoms with E-state index in [1.165, 1.54) is 11.3 Å². The van der Waals surface area contributed by atoms with Crippen molar-refractivity contribution in [1.29, 1.82) is 0 Å². The predicted molar refractivity (Wildman–Crippen MR) is 113 cm³/mol. The van der Waals surface area contributed by atoms with E-state index >= 15 is 0 Å². The Hall–Kier alpha value is -2.62. The zero-order valence-electron chi connectivity index (χ0n) is 16.9. The molecule has 1 heterocycles. The van der Waals surface area contributed by atoms with Crippen LogP contribution in [0.15, 0.2) is 47.6 Å². The summed E-state index contributed by atoms with van der Waals surface area (Å²) >= 11 is 0. The Morgan fingerprint density at radius 3 is 2.67 bits per heavy atom. The van der Waals surface area contributed by atoms with Gasteiger partial charge in [-0.1, -0.05) is 25.1 Å². The minimum atomic E-state index is -0.199. The number of hydrogen-bond acceptors (Lipinski definition) is 3. The molecule has 3 rings (SSSR count). The van der Waals surface area contributed by atoms with Crippen molar-refractivity contribution in [2.24, 2.45) is 5.10 Å². The minimum Gasteiger partial charge on any atom is -0.366 e. The average molecular weight is 364 g/mol. The first kappa shape index (κ1) is 19.2. The summed E-state index contributed by atoms with van der Waals surface area (Å²) in [6.07, 6.45) is 2.87. The van der Waals surface area contributed by atoms with E-state index in [-0.39, 0.29) is 11.4 Å². The van der Waals surface area contributed by atoms with Crippen molar-refractivity contribution >= 4 is 17.8 Å². The normalized spacial score (nSPS) is 18.4. The largest absolute Gasteiger partial charge is 0.366 e. The number of hydrogen-bond donors (Lipinski definition) is 1. The fourth-order valence-electron chi connectivity index (χ4n) is 4.20. The van der Waals surface area contributed by atoms with E-state index in [0.717, 1.165) is 24.1 Å². The van der Waals surface area contributed by atoms with Gasteiger partial charge in [0.15, 0.2) is 0 Å². The topological polar surface area (TPSA) is 44.7 Å². The molecule has 1 aliphatic heterocycles. The lowest BCUT2D eigenvalue weighted by Crippen LogP contribution is -2.48. The molecule has 0 unspecified atom stereocenters. The van der Waals surface area contributed by atoms with E-state index in [1.54, 1.807) is 18.3 Å². The van der Waals surface area contributed by atoms with Crippen molar-refractivity contribution in [3.8, 4) is 0 Å². The molecule has 2 aromatic rings. The molecule has 0 saturated carbocycles. The smallest absolute Gasteiger partial charge is 0.271 e. The average Bonchev–Trinajstić information content (AvgIpc) is 2.63. The fourth-order valence-corrected chi connectivity index (χ4v) is 4.20. The number of fused-ring (bicyclic) bond motifs is 1. The molecule has 27 heavy (non-hydrogen) atoms. The summed E-state index contributed by atoms with van der Waals surface area (Å²) in [6.45, 7) is 12.2. The van der Waals surface area contributed by atoms with Crippen LogP contribution >= 0.6 is 0 Å². The summed E-state index contributed by atoms with van der Waals surface area (Å²) in [5.74, 6) is 0.291. The lowest BCUT2D eigenvalue weighted by molar-refractivity contribution is 0.0955. The third-order valence-electron chi connectivity index (χ3n) is 5.50. The van der Waals surface area contributed by atoms with Gasteiger partial charge in [-0.05, 0) is 81.0 Å². The Bertz CT molecular complexity index is 855. The van der Waals surface area contributed by atoms with Crippen LogP contribution in [0.1, 0.15) is 67.1 Å². The first-order chi connectivity index (χ1) is 12.8. The van der Waals surface area contributed by atoms with Gasteiger partial charge in [0.2, 0.25) is 0 Å². The van der Waals surface area contributed by atoms with Gasteiger partial charge >= 0.3 is 0 Å². The van der Waals surface area contributed by atoms with Gasteiger partial charge in [0.05, 0.1) is 6.21 Å². The van der Waals surface area contributed by atoms with E-state index in [2.05, 4.69) is 62.2 Å². The molecule has 0 spiro atoms. The highest BCUT2D eigenvalue weighted by Gasteiger charge is 2.35. The number of nitrogens with zero attached hydrogens (tertiary/aromatic N) is 2. The van der Waals surface area contributed by atoms with Crippen LogP contribution in [0, 0.1) is 6.92 Å². The summed E-state index contributed by atoms with van der Waals surface area (Å²) in [7, 11) is 0. The number of carbonyl (C=O) groups excluding carboxylic acids is 1. The van der Waals surface area contributed by atoms with Crippen molar-refractivity contribution < 1.29 is 4.79 Å². The minimum absolute atomic E-state index is 0.160. The second-order valence-electron chi connectivity index (χ2n) is 7.99. The number of benzene rings is 2. The Kier molecular flexibility index (Phi) is 5.36. The van der Waals surface area contributed by atoms with Crippen LogP contribution in [-0.4, -0.2) is 24.2 Å². The highest BCUT2D eigenvalue weighted by molar-refractivity contribution is 5.95. The third kappa shape index (κ3) is 3.90. The number of aryl methyl sites for hydroxylation is 1. The van der Waals surface area contributed by atoms with Gasteiger partial charge in [-0.15, -0.1) is 0 Å². The quantitative estimate of drug-likeness (QED) is 0.622. The monoisotopic (exact) mass is 363 g/mol. The lowest BCUT2D eigenvalue weighted by Gasteiger charge is -2.47. The van der Waals surface area contributed by atoms with E-state index in [9.17, 15) is 4.79 Å². The second-order valence-corrected chi connectivity index (χ2v) is 7.99. The van der Waals surface area contributed by atoms with E-state index in [4.69, 9.17) is 0 Å². The number of anilines is 1. The maximum absolute atomic E-state index is 12.1. The number of amides is 1. The van der Waals surface area contributed by atoms with E-state index in [1.807, 2.05) is 18.2 Å². The van der Waals surface area contributed by atoms with Crippen molar-refractivity contribution in [2.45, 2.75) is 52.5 Å². The molecule has 1 N–H and O–H groups in total. The number of rotatable bonds is 4. The zero-order valence-corrected chi connectivity index (χ0v) is 16.9. The molecule has 2 aromatic carbocycles. The van der Waals surface area contributed by atoms with Crippen molar-refractivity contribution in [3.05, 3.63) is 64.7 Å². The van der Waals surface area contributed by atoms with Gasteiger partial charge in [0.25, 0.3) is 5.91 Å². The van der Waals surface area contributed by atoms with Gasteiger partial charge in [-0.3, -0.25) is 4.79 Å². The van der Waals surface area contributed by atoms with Gasteiger partial charge < -0.3 is 4.90 Å². The molecule has 0 aromatic heterocycles. The number of carbonyl (C=O) groups is 1. The highest BCUT2D eigenvalue weighted by atomic mass is 16.2. The molecule has 0 radical (unpaired) electrons. The van der Waals surface area contributed by atoms with Crippen molar-refractivity contribution in [1.82, 2.24) is 5.43 Å². The molecule has 0 fully saturated rings. The van der Waals surface area contributed by atoms with Crippen LogP contribution in [0.4, 0.5) is 5.69 Å². The summed E-state index contributed by atoms with van der Waals surface area (Å²) in [5, 5.41) is 4.18. The maximum atomic E-state index is 12.1. The maximum Gasteiger partial charge on any atom is 0.271 e. The zero-order chi connectivity index (χ0) is 19.6. The van der Waals surface area contributed by atoms with Crippen LogP contribution < -0.4 is 10.3 Å². The van der Waals surface area contributed by atoms with Crippen molar-refractivity contribution in [2.75, 3.05) is 11.4 Å². The van der Waals surface area contributed by atoms with Crippen LogP contribution in [0.3, 0.4) is 0 Å². The fraction of sp³-hybridized carbons (Fsp3) is 0.391. The van der Waals surface area contributed by atoms with Crippen LogP contribution in [0.2, 0.25) is 0 Å². The molecule has 4 heteroatoms. The Labute approximate surface area is 162 Å². The summed E-state index contributed by atoms with van der Waals surface area (Å²) in [4.78, 5) is 14.6. The Balaban J connectivity index is 1.84. The lowest BCUT2D eigenvalue weighted by atomic mass is 9.79. The number of nitrogens with one attached hydrogen (secondary N) is 1.